The van der Waals surface area contributed by atoms with Crippen molar-refractivity contribution in [2.24, 2.45) is 5.41 Å². The molecule has 0 spiro atoms. The number of nitrogens with one attached hydrogen (secondary N) is 1. The van der Waals surface area contributed by atoms with Crippen LogP contribution in [0.5, 0.6) is 11.5 Å². The molecule has 1 aliphatic carbocycles. The van der Waals surface area contributed by atoms with E-state index in [1.54, 1.807) is 0 Å². The van der Waals surface area contributed by atoms with Crippen LogP contribution in [0.1, 0.15) is 40.5 Å². The predicted octanol–water partition coefficient (Wildman–Crippen LogP) is 3.63. The first kappa shape index (κ1) is 15.2. The third kappa shape index (κ3) is 3.26. The maximum atomic E-state index is 6.11. The number of rotatable bonds is 7. The van der Waals surface area contributed by atoms with Crippen molar-refractivity contribution in [3.8, 4) is 11.5 Å². The second-order valence-electron chi connectivity index (χ2n) is 6.07. The van der Waals surface area contributed by atoms with Crippen LogP contribution in [0.4, 0.5) is 0 Å². The Hall–Kier alpha value is -1.22. The van der Waals surface area contributed by atoms with Gasteiger partial charge in [-0.1, -0.05) is 20.8 Å². The number of hydrogen-bond donors (Lipinski definition) is 1. The Morgan fingerprint density at radius 1 is 1.15 bits per heavy atom. The van der Waals surface area contributed by atoms with E-state index in [9.17, 15) is 0 Å². The standard InChI is InChI=1S/C17H27NO2/c1-5-11-18-15-12-16(17(15,3)4)20-14-9-7-13(8-10-14)19-6-2/h7-10,15-16,18H,5-6,11-12H2,1-4H3. The topological polar surface area (TPSA) is 30.5 Å². The van der Waals surface area contributed by atoms with Gasteiger partial charge in [0.1, 0.15) is 17.6 Å². The highest BCUT2D eigenvalue weighted by atomic mass is 16.5. The molecule has 1 saturated carbocycles. The highest BCUT2D eigenvalue weighted by Gasteiger charge is 2.49. The molecule has 0 radical (unpaired) electrons. The van der Waals surface area contributed by atoms with Crippen LogP contribution in [-0.2, 0) is 0 Å². The first-order valence-electron chi connectivity index (χ1n) is 7.70. The molecule has 0 bridgehead atoms. The lowest BCUT2D eigenvalue weighted by atomic mass is 9.64. The molecule has 1 aliphatic rings. The van der Waals surface area contributed by atoms with Gasteiger partial charge in [0.05, 0.1) is 6.61 Å². The molecule has 3 heteroatoms. The highest BCUT2D eigenvalue weighted by molar-refractivity contribution is 5.31. The normalized spacial score (nSPS) is 24.0. The second kappa shape index (κ2) is 6.49. The minimum atomic E-state index is 0.188. The van der Waals surface area contributed by atoms with Gasteiger partial charge in [-0.05, 0) is 44.2 Å². The molecule has 2 unspecified atom stereocenters. The van der Waals surface area contributed by atoms with Crippen molar-refractivity contribution in [2.75, 3.05) is 13.2 Å². The minimum Gasteiger partial charge on any atom is -0.494 e. The molecule has 0 aliphatic heterocycles. The van der Waals surface area contributed by atoms with Gasteiger partial charge in [0, 0.05) is 17.9 Å². The Morgan fingerprint density at radius 3 is 2.35 bits per heavy atom. The van der Waals surface area contributed by atoms with Crippen LogP contribution in [0, 0.1) is 5.41 Å². The van der Waals surface area contributed by atoms with E-state index in [0.717, 1.165) is 24.5 Å². The molecule has 1 aromatic rings. The molecular weight excluding hydrogens is 250 g/mol. The van der Waals surface area contributed by atoms with E-state index in [2.05, 4.69) is 26.1 Å². The summed E-state index contributed by atoms with van der Waals surface area (Å²) in [4.78, 5) is 0. The van der Waals surface area contributed by atoms with E-state index < -0.39 is 0 Å². The van der Waals surface area contributed by atoms with Crippen LogP contribution in [0.3, 0.4) is 0 Å². The summed E-state index contributed by atoms with van der Waals surface area (Å²) in [7, 11) is 0. The molecule has 3 nitrogen and oxygen atoms in total. The van der Waals surface area contributed by atoms with Gasteiger partial charge in [0.2, 0.25) is 0 Å². The van der Waals surface area contributed by atoms with Crippen LogP contribution in [0.15, 0.2) is 24.3 Å². The Kier molecular flexibility index (Phi) is 4.92. The maximum absolute atomic E-state index is 6.11. The quantitative estimate of drug-likeness (QED) is 0.825. The Balaban J connectivity index is 1.88. The van der Waals surface area contributed by atoms with E-state index in [1.807, 2.05) is 31.2 Å². The van der Waals surface area contributed by atoms with Gasteiger partial charge in [-0.2, -0.15) is 0 Å². The zero-order chi connectivity index (χ0) is 14.6. The third-order valence-electron chi connectivity index (χ3n) is 4.23. The summed E-state index contributed by atoms with van der Waals surface area (Å²) in [6, 6.07) is 8.49. The molecule has 0 aromatic heterocycles. The average molecular weight is 277 g/mol. The SMILES string of the molecule is CCCNC1CC(Oc2ccc(OCC)cc2)C1(C)C. The molecule has 112 valence electrons. The van der Waals surface area contributed by atoms with Gasteiger partial charge in [-0.25, -0.2) is 0 Å². The lowest BCUT2D eigenvalue weighted by Gasteiger charge is -2.51. The second-order valence-corrected chi connectivity index (χ2v) is 6.07. The Morgan fingerprint density at radius 2 is 1.80 bits per heavy atom. The van der Waals surface area contributed by atoms with Crippen molar-refractivity contribution >= 4 is 0 Å². The summed E-state index contributed by atoms with van der Waals surface area (Å²) >= 11 is 0. The van der Waals surface area contributed by atoms with E-state index in [1.165, 1.54) is 6.42 Å². The van der Waals surface area contributed by atoms with E-state index in [-0.39, 0.29) is 11.5 Å². The Bertz CT molecular complexity index is 414. The van der Waals surface area contributed by atoms with E-state index in [0.29, 0.717) is 12.6 Å². The Labute approximate surface area is 122 Å². The zero-order valence-electron chi connectivity index (χ0n) is 13.1. The zero-order valence-corrected chi connectivity index (χ0v) is 13.1. The summed E-state index contributed by atoms with van der Waals surface area (Å²) < 4.78 is 11.6. The molecule has 1 fully saturated rings. The average Bonchev–Trinajstić information content (AvgIpc) is 2.44. The summed E-state index contributed by atoms with van der Waals surface area (Å²) in [5.74, 6) is 1.83. The molecule has 0 heterocycles. The van der Waals surface area contributed by atoms with Crippen LogP contribution < -0.4 is 14.8 Å². The lowest BCUT2D eigenvalue weighted by Crippen LogP contribution is -2.62. The fraction of sp³-hybridized carbons (Fsp3) is 0.647. The molecule has 2 atom stereocenters. The lowest BCUT2D eigenvalue weighted by molar-refractivity contribution is -0.0546. The van der Waals surface area contributed by atoms with Gasteiger partial charge in [-0.3, -0.25) is 0 Å². The summed E-state index contributed by atoms with van der Waals surface area (Å²) in [5, 5.41) is 3.60. The third-order valence-corrected chi connectivity index (χ3v) is 4.23. The molecule has 1 N–H and O–H groups in total. The van der Waals surface area contributed by atoms with Crippen LogP contribution in [-0.4, -0.2) is 25.3 Å². The smallest absolute Gasteiger partial charge is 0.120 e. The summed E-state index contributed by atoms with van der Waals surface area (Å²) in [6.45, 7) is 10.5. The van der Waals surface area contributed by atoms with Crippen LogP contribution >= 0.6 is 0 Å². The monoisotopic (exact) mass is 277 g/mol. The fourth-order valence-corrected chi connectivity index (χ4v) is 2.70. The van der Waals surface area contributed by atoms with Crippen molar-refractivity contribution in [3.05, 3.63) is 24.3 Å². The van der Waals surface area contributed by atoms with Crippen molar-refractivity contribution < 1.29 is 9.47 Å². The molecule has 20 heavy (non-hydrogen) atoms. The van der Waals surface area contributed by atoms with E-state index in [4.69, 9.17) is 9.47 Å². The van der Waals surface area contributed by atoms with Crippen LogP contribution in [0.2, 0.25) is 0 Å². The molecule has 2 rings (SSSR count). The molecule has 1 aromatic carbocycles. The van der Waals surface area contributed by atoms with Crippen molar-refractivity contribution in [2.45, 2.75) is 52.7 Å². The van der Waals surface area contributed by atoms with Crippen molar-refractivity contribution in [1.82, 2.24) is 5.32 Å². The van der Waals surface area contributed by atoms with Gasteiger partial charge < -0.3 is 14.8 Å². The first-order chi connectivity index (χ1) is 9.57. The van der Waals surface area contributed by atoms with Gasteiger partial charge >= 0.3 is 0 Å². The number of ether oxygens (including phenoxy) is 2. The van der Waals surface area contributed by atoms with E-state index >= 15 is 0 Å². The van der Waals surface area contributed by atoms with Crippen LogP contribution in [0.25, 0.3) is 0 Å². The fourth-order valence-electron chi connectivity index (χ4n) is 2.70. The van der Waals surface area contributed by atoms with Crippen molar-refractivity contribution in [1.29, 1.82) is 0 Å². The number of hydrogen-bond acceptors (Lipinski definition) is 3. The molecular formula is C17H27NO2. The maximum Gasteiger partial charge on any atom is 0.120 e. The highest BCUT2D eigenvalue weighted by Crippen LogP contribution is 2.43. The van der Waals surface area contributed by atoms with Gasteiger partial charge in [0.25, 0.3) is 0 Å². The minimum absolute atomic E-state index is 0.188. The summed E-state index contributed by atoms with van der Waals surface area (Å²) in [5.41, 5.74) is 0.188. The largest absolute Gasteiger partial charge is 0.494 e. The van der Waals surface area contributed by atoms with Gasteiger partial charge in [0.15, 0.2) is 0 Å². The summed E-state index contributed by atoms with van der Waals surface area (Å²) in [6.07, 6.45) is 2.55. The van der Waals surface area contributed by atoms with Crippen molar-refractivity contribution in [3.63, 3.8) is 0 Å². The molecule has 0 saturated heterocycles. The predicted molar refractivity (Wildman–Crippen MR) is 82.5 cm³/mol. The van der Waals surface area contributed by atoms with Gasteiger partial charge in [-0.15, -0.1) is 0 Å². The first-order valence-corrected chi connectivity index (χ1v) is 7.70. The molecule has 0 amide bonds. The number of benzene rings is 1.